The Kier molecular flexibility index (Phi) is 8.85. The van der Waals surface area contributed by atoms with Crippen LogP contribution in [0.25, 0.3) is 0 Å². The van der Waals surface area contributed by atoms with Crippen molar-refractivity contribution in [3.05, 3.63) is 71.3 Å². The molecule has 0 spiro atoms. The Balaban J connectivity index is 1.88. The third-order valence-corrected chi connectivity index (χ3v) is 4.32. The second-order valence-electron chi connectivity index (χ2n) is 7.31. The van der Waals surface area contributed by atoms with Crippen LogP contribution < -0.4 is 0 Å². The lowest BCUT2D eigenvalue weighted by molar-refractivity contribution is 0.00773. The standard InChI is InChI=1S/C22H29F2NO2/c1-17(2)10-11-25(13-19-8-9-20(23)12-22(19)24)14-21(26)16-27-15-18-6-4-3-5-7-18/h3-9,12,17,21,26H,10-11,13-16H2,1-2H3/t21-/m1/s1. The average molecular weight is 377 g/mol. The van der Waals surface area contributed by atoms with Gasteiger partial charge in [-0.2, -0.15) is 0 Å². The molecule has 2 aromatic rings. The lowest BCUT2D eigenvalue weighted by Gasteiger charge is -2.26. The van der Waals surface area contributed by atoms with Gasteiger partial charge in [0, 0.05) is 24.7 Å². The first-order valence-corrected chi connectivity index (χ1v) is 9.40. The first kappa shape index (κ1) is 21.5. The fourth-order valence-corrected chi connectivity index (χ4v) is 2.80. The van der Waals surface area contributed by atoms with Crippen LogP contribution in [0, 0.1) is 17.6 Å². The second-order valence-corrected chi connectivity index (χ2v) is 7.31. The summed E-state index contributed by atoms with van der Waals surface area (Å²) in [6, 6.07) is 13.4. The minimum absolute atomic E-state index is 0.207. The zero-order chi connectivity index (χ0) is 19.6. The number of halogens is 2. The van der Waals surface area contributed by atoms with Gasteiger partial charge in [-0.1, -0.05) is 50.2 Å². The monoisotopic (exact) mass is 377 g/mol. The average Bonchev–Trinajstić information content (AvgIpc) is 2.62. The van der Waals surface area contributed by atoms with E-state index >= 15 is 0 Å². The summed E-state index contributed by atoms with van der Waals surface area (Å²) in [6.07, 6.45) is 0.254. The predicted octanol–water partition coefficient (Wildman–Crippen LogP) is 4.39. The summed E-state index contributed by atoms with van der Waals surface area (Å²) < 4.78 is 32.7. The van der Waals surface area contributed by atoms with Crippen LogP contribution in [0.5, 0.6) is 0 Å². The van der Waals surface area contributed by atoms with Gasteiger partial charge >= 0.3 is 0 Å². The minimum Gasteiger partial charge on any atom is -0.389 e. The highest BCUT2D eigenvalue weighted by atomic mass is 19.1. The van der Waals surface area contributed by atoms with Gasteiger partial charge in [-0.25, -0.2) is 8.78 Å². The van der Waals surface area contributed by atoms with Gasteiger partial charge in [0.1, 0.15) is 11.6 Å². The smallest absolute Gasteiger partial charge is 0.130 e. The summed E-state index contributed by atoms with van der Waals surface area (Å²) in [4.78, 5) is 1.99. The maximum absolute atomic E-state index is 14.0. The van der Waals surface area contributed by atoms with E-state index in [9.17, 15) is 13.9 Å². The van der Waals surface area contributed by atoms with E-state index in [2.05, 4.69) is 13.8 Å². The number of benzene rings is 2. The number of aliphatic hydroxyl groups is 1. The highest BCUT2D eigenvalue weighted by molar-refractivity contribution is 5.18. The molecule has 0 radical (unpaired) electrons. The van der Waals surface area contributed by atoms with Gasteiger partial charge in [0.05, 0.1) is 19.3 Å². The Hall–Kier alpha value is -1.82. The van der Waals surface area contributed by atoms with Crippen LogP contribution in [0.15, 0.2) is 48.5 Å². The Morgan fingerprint density at radius 1 is 1.07 bits per heavy atom. The summed E-state index contributed by atoms with van der Waals surface area (Å²) >= 11 is 0. The number of ether oxygens (including phenoxy) is 1. The van der Waals surface area contributed by atoms with E-state index in [0.29, 0.717) is 31.2 Å². The summed E-state index contributed by atoms with van der Waals surface area (Å²) in [7, 11) is 0. The minimum atomic E-state index is -0.676. The molecule has 0 saturated carbocycles. The van der Waals surface area contributed by atoms with Crippen molar-refractivity contribution in [3.63, 3.8) is 0 Å². The maximum atomic E-state index is 14.0. The molecule has 0 aliphatic carbocycles. The molecule has 0 aliphatic heterocycles. The summed E-state index contributed by atoms with van der Waals surface area (Å²) in [5.74, 6) is -0.643. The van der Waals surface area contributed by atoms with Crippen LogP contribution in [0.1, 0.15) is 31.4 Å². The van der Waals surface area contributed by atoms with Crippen LogP contribution >= 0.6 is 0 Å². The fourth-order valence-electron chi connectivity index (χ4n) is 2.80. The SMILES string of the molecule is CC(C)CCN(Cc1ccc(F)cc1F)C[C@@H](O)COCc1ccccc1. The maximum Gasteiger partial charge on any atom is 0.130 e. The van der Waals surface area contributed by atoms with Crippen molar-refractivity contribution in [3.8, 4) is 0 Å². The zero-order valence-corrected chi connectivity index (χ0v) is 16.1. The third kappa shape index (κ3) is 8.16. The van der Waals surface area contributed by atoms with Crippen molar-refractivity contribution in [1.82, 2.24) is 4.90 Å². The van der Waals surface area contributed by atoms with E-state index < -0.39 is 17.7 Å². The fraction of sp³-hybridized carbons (Fsp3) is 0.455. The number of hydrogen-bond donors (Lipinski definition) is 1. The van der Waals surface area contributed by atoms with Crippen LogP contribution in [-0.4, -0.2) is 35.8 Å². The molecule has 148 valence electrons. The van der Waals surface area contributed by atoms with Crippen molar-refractivity contribution in [2.45, 2.75) is 39.5 Å². The molecular formula is C22H29F2NO2. The van der Waals surface area contributed by atoms with E-state index in [4.69, 9.17) is 4.74 Å². The normalized spacial score (nSPS) is 12.7. The zero-order valence-electron chi connectivity index (χ0n) is 16.1. The predicted molar refractivity (Wildman–Crippen MR) is 103 cm³/mol. The van der Waals surface area contributed by atoms with Crippen LogP contribution in [-0.2, 0) is 17.9 Å². The first-order chi connectivity index (χ1) is 12.9. The summed E-state index contributed by atoms with van der Waals surface area (Å²) in [5.41, 5.74) is 1.48. The molecule has 27 heavy (non-hydrogen) atoms. The first-order valence-electron chi connectivity index (χ1n) is 9.40. The van der Waals surface area contributed by atoms with E-state index in [1.54, 1.807) is 0 Å². The quantitative estimate of drug-likeness (QED) is 0.630. The molecule has 0 amide bonds. The van der Waals surface area contributed by atoms with E-state index in [-0.39, 0.29) is 6.61 Å². The number of aliphatic hydroxyl groups excluding tert-OH is 1. The number of nitrogens with zero attached hydrogens (tertiary/aromatic N) is 1. The topological polar surface area (TPSA) is 32.7 Å². The molecule has 0 bridgehead atoms. The Morgan fingerprint density at radius 3 is 2.48 bits per heavy atom. The van der Waals surface area contributed by atoms with Crippen LogP contribution in [0.2, 0.25) is 0 Å². The van der Waals surface area contributed by atoms with Crippen molar-refractivity contribution in [2.75, 3.05) is 19.7 Å². The third-order valence-electron chi connectivity index (χ3n) is 4.32. The molecule has 3 nitrogen and oxygen atoms in total. The molecule has 2 aromatic carbocycles. The van der Waals surface area contributed by atoms with E-state index in [1.807, 2.05) is 35.2 Å². The van der Waals surface area contributed by atoms with Crippen molar-refractivity contribution < 1.29 is 18.6 Å². The summed E-state index contributed by atoms with van der Waals surface area (Å²) in [6.45, 7) is 6.32. The van der Waals surface area contributed by atoms with Gasteiger partial charge in [0.15, 0.2) is 0 Å². The van der Waals surface area contributed by atoms with E-state index in [1.165, 1.54) is 12.1 Å². The van der Waals surface area contributed by atoms with Gasteiger partial charge in [-0.15, -0.1) is 0 Å². The molecule has 2 rings (SSSR count). The highest BCUT2D eigenvalue weighted by Crippen LogP contribution is 2.14. The molecule has 5 heteroatoms. The molecule has 0 fully saturated rings. The summed E-state index contributed by atoms with van der Waals surface area (Å²) in [5, 5.41) is 10.3. The van der Waals surface area contributed by atoms with Crippen molar-refractivity contribution in [2.24, 2.45) is 5.92 Å². The molecule has 0 aromatic heterocycles. The van der Waals surface area contributed by atoms with Crippen LogP contribution in [0.3, 0.4) is 0 Å². The van der Waals surface area contributed by atoms with Gasteiger partial charge in [-0.05, 0) is 30.5 Å². The molecule has 1 N–H and O–H groups in total. The lowest BCUT2D eigenvalue weighted by Crippen LogP contribution is -2.36. The number of hydrogen-bond acceptors (Lipinski definition) is 3. The molecule has 0 saturated heterocycles. The Bertz CT molecular complexity index is 679. The lowest BCUT2D eigenvalue weighted by atomic mass is 10.1. The largest absolute Gasteiger partial charge is 0.389 e. The molecular weight excluding hydrogens is 348 g/mol. The molecule has 0 unspecified atom stereocenters. The highest BCUT2D eigenvalue weighted by Gasteiger charge is 2.15. The van der Waals surface area contributed by atoms with Crippen molar-refractivity contribution >= 4 is 0 Å². The molecule has 0 heterocycles. The second kappa shape index (κ2) is 11.1. The van der Waals surface area contributed by atoms with Gasteiger partial charge in [0.25, 0.3) is 0 Å². The molecule has 1 atom stereocenters. The van der Waals surface area contributed by atoms with Gasteiger partial charge in [-0.3, -0.25) is 4.90 Å². The van der Waals surface area contributed by atoms with Gasteiger partial charge < -0.3 is 9.84 Å². The van der Waals surface area contributed by atoms with Crippen molar-refractivity contribution in [1.29, 1.82) is 0 Å². The van der Waals surface area contributed by atoms with Crippen LogP contribution in [0.4, 0.5) is 8.78 Å². The Labute approximate surface area is 160 Å². The molecule has 0 aliphatic rings. The number of rotatable bonds is 11. The van der Waals surface area contributed by atoms with E-state index in [0.717, 1.165) is 24.6 Å². The van der Waals surface area contributed by atoms with Gasteiger partial charge in [0.2, 0.25) is 0 Å². The Morgan fingerprint density at radius 2 is 1.81 bits per heavy atom.